The quantitative estimate of drug-likeness (QED) is 0.612. The molecule has 6 nitrogen and oxygen atoms in total. The first-order valence-electron chi connectivity index (χ1n) is 8.64. The van der Waals surface area contributed by atoms with E-state index in [0.717, 1.165) is 33.7 Å². The van der Waals surface area contributed by atoms with Gasteiger partial charge < -0.3 is 4.74 Å². The third-order valence-corrected chi connectivity index (χ3v) is 6.52. The Bertz CT molecular complexity index is 1110. The first-order valence-corrected chi connectivity index (χ1v) is 10.9. The summed E-state index contributed by atoms with van der Waals surface area (Å²) in [7, 11) is -3.67. The van der Waals surface area contributed by atoms with Crippen LogP contribution < -0.4 is 14.3 Å². The fraction of sp³-hybridized carbons (Fsp3) is 0.316. The highest BCUT2D eigenvalue weighted by Gasteiger charge is 2.16. The lowest BCUT2D eigenvalue weighted by molar-refractivity contribution is 0.322. The predicted molar refractivity (Wildman–Crippen MR) is 108 cm³/mol. The van der Waals surface area contributed by atoms with Gasteiger partial charge in [-0.2, -0.15) is 0 Å². The van der Waals surface area contributed by atoms with E-state index in [1.807, 2.05) is 39.0 Å². The van der Waals surface area contributed by atoms with Crippen molar-refractivity contribution in [2.75, 3.05) is 13.2 Å². The van der Waals surface area contributed by atoms with Crippen molar-refractivity contribution in [1.29, 1.82) is 0 Å². The van der Waals surface area contributed by atoms with E-state index in [9.17, 15) is 13.2 Å². The molecule has 0 aliphatic heterocycles. The second-order valence-electron chi connectivity index (χ2n) is 6.31. The summed E-state index contributed by atoms with van der Waals surface area (Å²) < 4.78 is 35.5. The number of benzene rings is 2. The number of thiazole rings is 1. The zero-order valence-corrected chi connectivity index (χ0v) is 17.1. The third kappa shape index (κ3) is 4.40. The number of aryl methyl sites for hydroxylation is 3. The van der Waals surface area contributed by atoms with Crippen LogP contribution in [0.2, 0.25) is 0 Å². The second kappa shape index (κ2) is 7.84. The van der Waals surface area contributed by atoms with Crippen LogP contribution >= 0.6 is 11.3 Å². The second-order valence-corrected chi connectivity index (χ2v) is 9.07. The zero-order chi connectivity index (χ0) is 19.6. The Balaban J connectivity index is 1.67. The molecule has 0 amide bonds. The summed E-state index contributed by atoms with van der Waals surface area (Å²) in [5.74, 6) is 0.721. The number of nitrogens with one attached hydrogen (secondary N) is 1. The molecular weight excluding hydrogens is 384 g/mol. The van der Waals surface area contributed by atoms with E-state index in [2.05, 4.69) is 4.72 Å². The van der Waals surface area contributed by atoms with Gasteiger partial charge in [0.1, 0.15) is 12.4 Å². The Labute approximate surface area is 162 Å². The van der Waals surface area contributed by atoms with Crippen molar-refractivity contribution in [1.82, 2.24) is 9.29 Å². The maximum atomic E-state index is 12.5. The van der Waals surface area contributed by atoms with Gasteiger partial charge in [0.25, 0.3) is 0 Å². The van der Waals surface area contributed by atoms with Crippen LogP contribution in [-0.4, -0.2) is 26.1 Å². The number of hydrogen-bond donors (Lipinski definition) is 1. The maximum absolute atomic E-state index is 12.5. The molecule has 1 heterocycles. The van der Waals surface area contributed by atoms with E-state index in [1.165, 1.54) is 6.07 Å². The minimum atomic E-state index is -3.67. The molecule has 1 N–H and O–H groups in total. The average molecular weight is 407 g/mol. The number of sulfonamides is 1. The first kappa shape index (κ1) is 19.6. The van der Waals surface area contributed by atoms with Gasteiger partial charge in [-0.15, -0.1) is 0 Å². The van der Waals surface area contributed by atoms with Gasteiger partial charge in [-0.3, -0.25) is 9.36 Å². The molecule has 0 spiro atoms. The van der Waals surface area contributed by atoms with Crippen molar-refractivity contribution in [2.24, 2.45) is 0 Å². The predicted octanol–water partition coefficient (Wildman–Crippen LogP) is 3.06. The van der Waals surface area contributed by atoms with Crippen LogP contribution in [-0.2, 0) is 16.6 Å². The maximum Gasteiger partial charge on any atom is 0.308 e. The van der Waals surface area contributed by atoms with Gasteiger partial charge in [-0.25, -0.2) is 13.1 Å². The van der Waals surface area contributed by atoms with Gasteiger partial charge in [-0.1, -0.05) is 17.4 Å². The minimum Gasteiger partial charge on any atom is -0.492 e. The number of rotatable bonds is 7. The van der Waals surface area contributed by atoms with E-state index < -0.39 is 10.0 Å². The number of nitrogens with zero attached hydrogens (tertiary/aromatic N) is 1. The lowest BCUT2D eigenvalue weighted by atomic mass is 10.1. The lowest BCUT2D eigenvalue weighted by Gasteiger charge is -2.10. The minimum absolute atomic E-state index is 0.0862. The Morgan fingerprint density at radius 3 is 2.48 bits per heavy atom. The molecule has 0 unspecified atom stereocenters. The van der Waals surface area contributed by atoms with Gasteiger partial charge in [0, 0.05) is 13.1 Å². The first-order chi connectivity index (χ1) is 12.8. The molecule has 0 radical (unpaired) electrons. The highest BCUT2D eigenvalue weighted by atomic mass is 32.2. The molecule has 3 aromatic rings. The summed E-state index contributed by atoms with van der Waals surface area (Å²) >= 11 is 1.05. The van der Waals surface area contributed by atoms with Crippen molar-refractivity contribution in [2.45, 2.75) is 32.2 Å². The SMILES string of the molecule is CCn1c(=O)sc2cc(S(=O)(=O)NCCOc3cc(C)cc(C)c3)ccc21. The van der Waals surface area contributed by atoms with E-state index in [-0.39, 0.29) is 22.9 Å². The van der Waals surface area contributed by atoms with Crippen molar-refractivity contribution in [3.63, 3.8) is 0 Å². The largest absolute Gasteiger partial charge is 0.492 e. The van der Waals surface area contributed by atoms with Crippen LogP contribution in [0, 0.1) is 13.8 Å². The van der Waals surface area contributed by atoms with Crippen LogP contribution in [0.4, 0.5) is 0 Å². The van der Waals surface area contributed by atoms with Gasteiger partial charge in [0.2, 0.25) is 10.0 Å². The number of fused-ring (bicyclic) bond motifs is 1. The molecule has 8 heteroatoms. The Hall–Kier alpha value is -2.16. The van der Waals surface area contributed by atoms with Gasteiger partial charge in [0.05, 0.1) is 15.1 Å². The van der Waals surface area contributed by atoms with Gasteiger partial charge in [-0.05, 0) is 62.2 Å². The van der Waals surface area contributed by atoms with Crippen LogP contribution in [0.3, 0.4) is 0 Å². The van der Waals surface area contributed by atoms with Crippen molar-refractivity contribution in [3.05, 3.63) is 57.2 Å². The van der Waals surface area contributed by atoms with E-state index in [1.54, 1.807) is 16.7 Å². The van der Waals surface area contributed by atoms with Crippen LogP contribution in [0.15, 0.2) is 46.1 Å². The van der Waals surface area contributed by atoms with Crippen LogP contribution in [0.1, 0.15) is 18.1 Å². The molecule has 0 saturated heterocycles. The molecule has 0 aliphatic carbocycles. The fourth-order valence-electron chi connectivity index (χ4n) is 2.96. The molecule has 27 heavy (non-hydrogen) atoms. The van der Waals surface area contributed by atoms with Gasteiger partial charge >= 0.3 is 4.87 Å². The van der Waals surface area contributed by atoms with Crippen molar-refractivity contribution >= 4 is 31.6 Å². The molecule has 0 aliphatic rings. The Kier molecular flexibility index (Phi) is 5.69. The van der Waals surface area contributed by atoms with Crippen molar-refractivity contribution < 1.29 is 13.2 Å². The fourth-order valence-corrected chi connectivity index (χ4v) is 5.07. The van der Waals surface area contributed by atoms with Crippen LogP contribution in [0.5, 0.6) is 5.75 Å². The summed E-state index contributed by atoms with van der Waals surface area (Å²) in [5.41, 5.74) is 2.94. The summed E-state index contributed by atoms with van der Waals surface area (Å²) in [6, 6.07) is 10.6. The Morgan fingerprint density at radius 2 is 1.81 bits per heavy atom. The number of ether oxygens (including phenoxy) is 1. The smallest absolute Gasteiger partial charge is 0.308 e. The number of hydrogen-bond acceptors (Lipinski definition) is 5. The summed E-state index contributed by atoms with van der Waals surface area (Å²) in [5, 5.41) is 0. The summed E-state index contributed by atoms with van der Waals surface area (Å²) in [6.45, 7) is 6.79. The molecule has 0 atom stereocenters. The summed E-state index contributed by atoms with van der Waals surface area (Å²) in [6.07, 6.45) is 0. The van der Waals surface area contributed by atoms with Crippen LogP contribution in [0.25, 0.3) is 10.2 Å². The summed E-state index contributed by atoms with van der Waals surface area (Å²) in [4.78, 5) is 12.0. The highest BCUT2D eigenvalue weighted by molar-refractivity contribution is 7.89. The van der Waals surface area contributed by atoms with Gasteiger partial charge in [0.15, 0.2) is 0 Å². The molecular formula is C19H22N2O4S2. The molecule has 0 bridgehead atoms. The standard InChI is InChI=1S/C19H22N2O4S2/c1-4-21-17-6-5-16(12-18(17)26-19(21)22)27(23,24)20-7-8-25-15-10-13(2)9-14(3)11-15/h5-6,9-12,20H,4,7-8H2,1-3H3. The monoisotopic (exact) mass is 406 g/mol. The third-order valence-electron chi connectivity index (χ3n) is 4.12. The highest BCUT2D eigenvalue weighted by Crippen LogP contribution is 2.21. The topological polar surface area (TPSA) is 77.4 Å². The normalized spacial score (nSPS) is 11.8. The van der Waals surface area contributed by atoms with E-state index >= 15 is 0 Å². The molecule has 2 aromatic carbocycles. The molecule has 144 valence electrons. The Morgan fingerprint density at radius 1 is 1.11 bits per heavy atom. The lowest BCUT2D eigenvalue weighted by Crippen LogP contribution is -2.28. The molecule has 1 aromatic heterocycles. The zero-order valence-electron chi connectivity index (χ0n) is 15.5. The average Bonchev–Trinajstić information content (AvgIpc) is 2.92. The van der Waals surface area contributed by atoms with Crippen molar-refractivity contribution in [3.8, 4) is 5.75 Å². The molecule has 0 fully saturated rings. The number of aromatic nitrogens is 1. The molecule has 0 saturated carbocycles. The molecule has 3 rings (SSSR count). The van der Waals surface area contributed by atoms with E-state index in [4.69, 9.17) is 4.74 Å². The van der Waals surface area contributed by atoms with E-state index in [0.29, 0.717) is 11.2 Å².